The first-order valence-corrected chi connectivity index (χ1v) is 9.87. The summed E-state index contributed by atoms with van der Waals surface area (Å²) in [4.78, 5) is 19.1. The Hall–Kier alpha value is -3.68. The van der Waals surface area contributed by atoms with Crippen molar-refractivity contribution in [3.05, 3.63) is 60.1 Å². The Kier molecular flexibility index (Phi) is 4.46. The number of fused-ring (bicyclic) bond motifs is 1. The van der Waals surface area contributed by atoms with Gasteiger partial charge < -0.3 is 14.2 Å². The van der Waals surface area contributed by atoms with E-state index in [0.29, 0.717) is 30.5 Å². The monoisotopic (exact) mass is 403 g/mol. The van der Waals surface area contributed by atoms with E-state index in [1.165, 1.54) is 0 Å². The van der Waals surface area contributed by atoms with E-state index in [2.05, 4.69) is 15.2 Å². The molecule has 8 heteroatoms. The van der Waals surface area contributed by atoms with Gasteiger partial charge in [0.05, 0.1) is 12.1 Å². The lowest BCUT2D eigenvalue weighted by Crippen LogP contribution is -2.31. The summed E-state index contributed by atoms with van der Waals surface area (Å²) in [6.45, 7) is 2.94. The van der Waals surface area contributed by atoms with Gasteiger partial charge in [0.1, 0.15) is 11.9 Å². The Morgan fingerprint density at radius 2 is 1.97 bits per heavy atom. The number of aromatic nitrogens is 4. The maximum Gasteiger partial charge on any atom is 0.275 e. The van der Waals surface area contributed by atoms with Crippen LogP contribution in [-0.2, 0) is 7.05 Å². The van der Waals surface area contributed by atoms with Crippen molar-refractivity contribution in [2.75, 3.05) is 13.1 Å². The number of hydrogen-bond acceptors (Lipinski definition) is 6. The number of para-hydroxylation sites is 1. The van der Waals surface area contributed by atoms with Crippen LogP contribution in [0.5, 0.6) is 5.75 Å². The highest BCUT2D eigenvalue weighted by molar-refractivity contribution is 6.04. The molecule has 1 aliphatic heterocycles. The van der Waals surface area contributed by atoms with Crippen LogP contribution in [0.1, 0.15) is 22.8 Å². The zero-order valence-electron chi connectivity index (χ0n) is 16.8. The van der Waals surface area contributed by atoms with Crippen molar-refractivity contribution >= 4 is 16.8 Å². The van der Waals surface area contributed by atoms with Gasteiger partial charge in [0.15, 0.2) is 5.69 Å². The van der Waals surface area contributed by atoms with Gasteiger partial charge in [0, 0.05) is 37.9 Å². The highest BCUT2D eigenvalue weighted by atomic mass is 16.5. The van der Waals surface area contributed by atoms with Gasteiger partial charge in [-0.25, -0.2) is 0 Å². The molecule has 4 aromatic rings. The smallest absolute Gasteiger partial charge is 0.275 e. The van der Waals surface area contributed by atoms with Crippen LogP contribution >= 0.6 is 0 Å². The van der Waals surface area contributed by atoms with Crippen LogP contribution in [0.25, 0.3) is 22.3 Å². The lowest BCUT2D eigenvalue weighted by molar-refractivity contribution is 0.0767. The van der Waals surface area contributed by atoms with E-state index in [0.717, 1.165) is 28.6 Å². The molecule has 1 unspecified atom stereocenters. The molecule has 0 radical (unpaired) electrons. The molecule has 0 bridgehead atoms. The summed E-state index contributed by atoms with van der Waals surface area (Å²) < 4.78 is 12.9. The minimum absolute atomic E-state index is 0.0535. The van der Waals surface area contributed by atoms with Gasteiger partial charge >= 0.3 is 0 Å². The van der Waals surface area contributed by atoms with E-state index >= 15 is 0 Å². The van der Waals surface area contributed by atoms with Crippen LogP contribution in [-0.4, -0.2) is 49.9 Å². The first-order valence-electron chi connectivity index (χ1n) is 9.87. The molecular weight excluding hydrogens is 382 g/mol. The summed E-state index contributed by atoms with van der Waals surface area (Å²) in [6, 6.07) is 15.4. The van der Waals surface area contributed by atoms with E-state index in [1.807, 2.05) is 60.5 Å². The second-order valence-corrected chi connectivity index (χ2v) is 7.43. The van der Waals surface area contributed by atoms with Gasteiger partial charge in [-0.15, -0.1) is 0 Å². The van der Waals surface area contributed by atoms with Crippen LogP contribution in [0, 0.1) is 6.92 Å². The number of benzene rings is 2. The third kappa shape index (κ3) is 3.30. The van der Waals surface area contributed by atoms with Gasteiger partial charge in [-0.05, 0) is 30.3 Å². The minimum Gasteiger partial charge on any atom is -0.489 e. The Morgan fingerprint density at radius 1 is 1.17 bits per heavy atom. The molecule has 1 fully saturated rings. The van der Waals surface area contributed by atoms with Gasteiger partial charge in [0.25, 0.3) is 5.91 Å². The van der Waals surface area contributed by atoms with Gasteiger partial charge in [-0.2, -0.15) is 10.1 Å². The molecule has 2 aromatic heterocycles. The van der Waals surface area contributed by atoms with Crippen molar-refractivity contribution in [3.63, 3.8) is 0 Å². The van der Waals surface area contributed by atoms with Crippen molar-refractivity contribution in [3.8, 4) is 17.1 Å². The molecule has 3 heterocycles. The van der Waals surface area contributed by atoms with Crippen LogP contribution < -0.4 is 4.74 Å². The van der Waals surface area contributed by atoms with Crippen LogP contribution in [0.15, 0.2) is 53.1 Å². The van der Waals surface area contributed by atoms with Gasteiger partial charge in [0.2, 0.25) is 11.7 Å². The van der Waals surface area contributed by atoms with Crippen LogP contribution in [0.3, 0.4) is 0 Å². The first kappa shape index (κ1) is 18.4. The predicted molar refractivity (Wildman–Crippen MR) is 110 cm³/mol. The molecule has 1 atom stereocenters. The molecule has 1 saturated heterocycles. The van der Waals surface area contributed by atoms with Crippen molar-refractivity contribution < 1.29 is 14.1 Å². The average Bonchev–Trinajstić information content (AvgIpc) is 3.48. The predicted octanol–water partition coefficient (Wildman–Crippen LogP) is 3.23. The van der Waals surface area contributed by atoms with E-state index in [-0.39, 0.29) is 12.0 Å². The fourth-order valence-electron chi connectivity index (χ4n) is 3.82. The molecule has 0 saturated carbocycles. The molecule has 8 nitrogen and oxygen atoms in total. The van der Waals surface area contributed by atoms with Crippen molar-refractivity contribution in [2.45, 2.75) is 19.4 Å². The maximum atomic E-state index is 13.0. The number of rotatable bonds is 4. The number of carbonyl (C=O) groups is 1. The van der Waals surface area contributed by atoms with E-state index in [1.54, 1.807) is 11.6 Å². The van der Waals surface area contributed by atoms with Gasteiger partial charge in [-0.3, -0.25) is 9.48 Å². The number of amides is 1. The minimum atomic E-state index is -0.0549. The van der Waals surface area contributed by atoms with E-state index < -0.39 is 0 Å². The standard InChI is InChI=1S/C22H21N5O3/c1-14-23-21(25-30-14)15-7-9-16(10-8-15)29-17-11-12-27(13-17)22(28)20-18-5-3-4-6-19(18)26(2)24-20/h3-10,17H,11-13H2,1-2H3. The summed E-state index contributed by atoms with van der Waals surface area (Å²) in [5.74, 6) is 1.78. The highest BCUT2D eigenvalue weighted by Gasteiger charge is 2.30. The lowest BCUT2D eigenvalue weighted by Gasteiger charge is -2.16. The molecular formula is C22H21N5O3. The Bertz CT molecular complexity index is 1210. The fraction of sp³-hybridized carbons (Fsp3) is 0.273. The summed E-state index contributed by atoms with van der Waals surface area (Å²) in [7, 11) is 1.86. The fourth-order valence-corrected chi connectivity index (χ4v) is 3.82. The molecule has 30 heavy (non-hydrogen) atoms. The molecule has 1 amide bonds. The second-order valence-electron chi connectivity index (χ2n) is 7.43. The largest absolute Gasteiger partial charge is 0.489 e. The summed E-state index contributed by atoms with van der Waals surface area (Å²) in [6.07, 6.45) is 0.727. The third-order valence-electron chi connectivity index (χ3n) is 5.34. The molecule has 2 aromatic carbocycles. The lowest BCUT2D eigenvalue weighted by atomic mass is 10.2. The van der Waals surface area contributed by atoms with Crippen molar-refractivity contribution in [2.24, 2.45) is 7.05 Å². The SMILES string of the molecule is Cc1nc(-c2ccc(OC3CCN(C(=O)c4nn(C)c5ccccc45)C3)cc2)no1. The molecule has 5 rings (SSSR count). The van der Waals surface area contributed by atoms with Crippen molar-refractivity contribution in [1.82, 2.24) is 24.8 Å². The zero-order valence-corrected chi connectivity index (χ0v) is 16.8. The normalized spacial score (nSPS) is 16.3. The molecule has 0 spiro atoms. The summed E-state index contributed by atoms with van der Waals surface area (Å²) in [5, 5.41) is 9.25. The summed E-state index contributed by atoms with van der Waals surface area (Å²) in [5.41, 5.74) is 2.31. The van der Waals surface area contributed by atoms with E-state index in [4.69, 9.17) is 9.26 Å². The van der Waals surface area contributed by atoms with Crippen LogP contribution in [0.4, 0.5) is 0 Å². The quantitative estimate of drug-likeness (QED) is 0.520. The van der Waals surface area contributed by atoms with Crippen molar-refractivity contribution in [1.29, 1.82) is 0 Å². The Morgan fingerprint density at radius 3 is 2.73 bits per heavy atom. The first-order chi connectivity index (χ1) is 14.6. The van der Waals surface area contributed by atoms with Gasteiger partial charge in [-0.1, -0.05) is 23.4 Å². The van der Waals surface area contributed by atoms with Crippen LogP contribution in [0.2, 0.25) is 0 Å². The molecule has 0 aliphatic carbocycles. The third-order valence-corrected chi connectivity index (χ3v) is 5.34. The zero-order chi connectivity index (χ0) is 20.7. The Balaban J connectivity index is 1.26. The number of aryl methyl sites for hydroxylation is 2. The number of likely N-dealkylation sites (tertiary alicyclic amines) is 1. The number of hydrogen-bond donors (Lipinski definition) is 0. The topological polar surface area (TPSA) is 86.3 Å². The highest BCUT2D eigenvalue weighted by Crippen LogP contribution is 2.25. The average molecular weight is 403 g/mol. The number of nitrogens with zero attached hydrogens (tertiary/aromatic N) is 5. The summed E-state index contributed by atoms with van der Waals surface area (Å²) >= 11 is 0. The Labute approximate surface area is 173 Å². The maximum absolute atomic E-state index is 13.0. The second kappa shape index (κ2) is 7.29. The van der Waals surface area contributed by atoms with E-state index in [9.17, 15) is 4.79 Å². The molecule has 152 valence electrons. The number of carbonyl (C=O) groups excluding carboxylic acids is 1. The molecule has 1 aliphatic rings. The number of ether oxygens (including phenoxy) is 1. The molecule has 0 N–H and O–H groups in total.